The summed E-state index contributed by atoms with van der Waals surface area (Å²) < 4.78 is 4.59. The van der Waals surface area contributed by atoms with Gasteiger partial charge in [0.2, 0.25) is 5.78 Å². The molecule has 2 aromatic rings. The van der Waals surface area contributed by atoms with Crippen molar-refractivity contribution in [2.24, 2.45) is 0 Å². The van der Waals surface area contributed by atoms with Gasteiger partial charge in [0.1, 0.15) is 0 Å². The van der Waals surface area contributed by atoms with Crippen molar-refractivity contribution in [2.45, 2.75) is 4.90 Å². The van der Waals surface area contributed by atoms with Crippen molar-refractivity contribution in [3.05, 3.63) is 52.0 Å². The molecule has 0 saturated carbocycles. The van der Waals surface area contributed by atoms with Gasteiger partial charge in [-0.1, -0.05) is 23.9 Å². The van der Waals surface area contributed by atoms with Crippen molar-refractivity contribution >= 4 is 40.0 Å². The maximum absolute atomic E-state index is 12.2. The van der Waals surface area contributed by atoms with Crippen LogP contribution in [0.5, 0.6) is 0 Å². The quantitative estimate of drug-likeness (QED) is 0.692. The Morgan fingerprint density at radius 3 is 2.95 bits per heavy atom. The van der Waals surface area contributed by atoms with Crippen LogP contribution in [0.2, 0.25) is 0 Å². The number of rotatable bonds is 3. The molecule has 21 heavy (non-hydrogen) atoms. The van der Waals surface area contributed by atoms with Gasteiger partial charge in [0.05, 0.1) is 12.0 Å². The molecule has 0 saturated heterocycles. The van der Waals surface area contributed by atoms with Gasteiger partial charge in [0.15, 0.2) is 10.8 Å². The summed E-state index contributed by atoms with van der Waals surface area (Å²) in [6, 6.07) is 7.47. The molecule has 0 radical (unpaired) electrons. The summed E-state index contributed by atoms with van der Waals surface area (Å²) in [4.78, 5) is 29.1. The Morgan fingerprint density at radius 2 is 2.19 bits per heavy atom. The fourth-order valence-electron chi connectivity index (χ4n) is 1.80. The van der Waals surface area contributed by atoms with E-state index in [-0.39, 0.29) is 11.5 Å². The molecule has 1 aromatic carbocycles. The number of allylic oxidation sites excluding steroid dienone is 1. The Morgan fingerprint density at radius 1 is 1.38 bits per heavy atom. The van der Waals surface area contributed by atoms with Crippen LogP contribution in [0.4, 0.5) is 5.13 Å². The van der Waals surface area contributed by atoms with Crippen LogP contribution in [0.15, 0.2) is 45.6 Å². The minimum atomic E-state index is -0.481. The van der Waals surface area contributed by atoms with E-state index < -0.39 is 5.97 Å². The summed E-state index contributed by atoms with van der Waals surface area (Å²) in [5, 5.41) is 5.08. The summed E-state index contributed by atoms with van der Waals surface area (Å²) in [5.41, 5.74) is 0.960. The number of thioether (sulfide) groups is 1. The minimum Gasteiger partial charge on any atom is -0.464 e. The van der Waals surface area contributed by atoms with Crippen LogP contribution in [0.3, 0.4) is 0 Å². The van der Waals surface area contributed by atoms with E-state index >= 15 is 0 Å². The Labute approximate surface area is 129 Å². The third kappa shape index (κ3) is 2.70. The number of carbonyl (C=O) groups is 2. The summed E-state index contributed by atoms with van der Waals surface area (Å²) in [6.45, 7) is 0. The number of nitrogens with zero attached hydrogens (tertiary/aromatic N) is 1. The summed E-state index contributed by atoms with van der Waals surface area (Å²) in [5.74, 6) is -0.487. The molecule has 0 spiro atoms. The first-order chi connectivity index (χ1) is 10.2. The van der Waals surface area contributed by atoms with Crippen LogP contribution in [0, 0.1) is 0 Å². The predicted octanol–water partition coefficient (Wildman–Crippen LogP) is 3.17. The molecule has 1 aliphatic rings. The lowest BCUT2D eigenvalue weighted by Gasteiger charge is -1.96. The smallest absolute Gasteiger partial charge is 0.357 e. The van der Waals surface area contributed by atoms with Gasteiger partial charge in [0, 0.05) is 22.0 Å². The zero-order valence-electron chi connectivity index (χ0n) is 11.0. The number of carbonyl (C=O) groups excluding carboxylic acids is 2. The standard InChI is InChI=1S/C14H10N2O3S2/c1-19-13(18)9-7-20-14(16-9)15-6-11-12(17)8-4-2-3-5-10(8)21-11/h2-7H,1H3,(H,15,16). The molecule has 0 amide bonds. The third-order valence-electron chi connectivity index (χ3n) is 2.80. The number of fused-ring (bicyclic) bond motifs is 1. The molecule has 2 heterocycles. The number of Topliss-reactive ketones (excluding diaryl/α,β-unsaturated/α-hetero) is 1. The maximum Gasteiger partial charge on any atom is 0.357 e. The van der Waals surface area contributed by atoms with E-state index in [1.54, 1.807) is 11.6 Å². The molecule has 3 rings (SSSR count). The van der Waals surface area contributed by atoms with Crippen molar-refractivity contribution in [1.29, 1.82) is 0 Å². The normalized spacial score (nSPS) is 15.1. The second-order valence-electron chi connectivity index (χ2n) is 4.11. The molecule has 1 N–H and O–H groups in total. The first-order valence-electron chi connectivity index (χ1n) is 6.01. The third-order valence-corrected chi connectivity index (χ3v) is 4.67. The van der Waals surface area contributed by atoms with Gasteiger partial charge < -0.3 is 10.1 Å². The molecule has 0 fully saturated rings. The van der Waals surface area contributed by atoms with E-state index in [9.17, 15) is 9.59 Å². The molecule has 1 aliphatic heterocycles. The lowest BCUT2D eigenvalue weighted by Crippen LogP contribution is -2.02. The number of thiazole rings is 1. The molecule has 1 aromatic heterocycles. The molecule has 0 bridgehead atoms. The van der Waals surface area contributed by atoms with Gasteiger partial charge in [-0.3, -0.25) is 4.79 Å². The summed E-state index contributed by atoms with van der Waals surface area (Å²) in [7, 11) is 1.31. The van der Waals surface area contributed by atoms with Crippen molar-refractivity contribution in [3.63, 3.8) is 0 Å². The largest absolute Gasteiger partial charge is 0.464 e. The second kappa shape index (κ2) is 5.71. The van der Waals surface area contributed by atoms with E-state index in [4.69, 9.17) is 0 Å². The molecular weight excluding hydrogens is 308 g/mol. The number of aromatic nitrogens is 1. The van der Waals surface area contributed by atoms with Gasteiger partial charge in [0.25, 0.3) is 0 Å². The van der Waals surface area contributed by atoms with Crippen molar-refractivity contribution < 1.29 is 14.3 Å². The fraction of sp³-hybridized carbons (Fsp3) is 0.0714. The maximum atomic E-state index is 12.2. The lowest BCUT2D eigenvalue weighted by molar-refractivity contribution is 0.0595. The van der Waals surface area contributed by atoms with Crippen LogP contribution in [-0.4, -0.2) is 23.8 Å². The highest BCUT2D eigenvalue weighted by atomic mass is 32.2. The second-order valence-corrected chi connectivity index (χ2v) is 6.05. The number of hydrogen-bond acceptors (Lipinski definition) is 7. The number of methoxy groups -OCH3 is 1. The lowest BCUT2D eigenvalue weighted by atomic mass is 10.1. The number of benzene rings is 1. The van der Waals surface area contributed by atoms with Crippen molar-refractivity contribution in [1.82, 2.24) is 4.98 Å². The van der Waals surface area contributed by atoms with E-state index in [1.165, 1.54) is 30.2 Å². The highest BCUT2D eigenvalue weighted by molar-refractivity contribution is 8.04. The van der Waals surface area contributed by atoms with Crippen LogP contribution >= 0.6 is 23.1 Å². The monoisotopic (exact) mass is 318 g/mol. The van der Waals surface area contributed by atoms with E-state index in [0.717, 1.165) is 4.90 Å². The molecule has 0 unspecified atom stereocenters. The molecule has 7 heteroatoms. The average molecular weight is 318 g/mol. The van der Waals surface area contributed by atoms with Gasteiger partial charge in [-0.15, -0.1) is 11.3 Å². The molecule has 0 atom stereocenters. The average Bonchev–Trinajstić information content (AvgIpc) is 3.10. The number of ether oxygens (including phenoxy) is 1. The Hall–Kier alpha value is -2.12. The highest BCUT2D eigenvalue weighted by Gasteiger charge is 2.25. The minimum absolute atomic E-state index is 0.00662. The number of ketones is 1. The fourth-order valence-corrected chi connectivity index (χ4v) is 3.43. The first kappa shape index (κ1) is 13.8. The predicted molar refractivity (Wildman–Crippen MR) is 81.8 cm³/mol. The molecule has 106 valence electrons. The Bertz CT molecular complexity index is 752. The summed E-state index contributed by atoms with van der Waals surface area (Å²) in [6.07, 6.45) is 1.62. The number of hydrogen-bond donors (Lipinski definition) is 1. The summed E-state index contributed by atoms with van der Waals surface area (Å²) >= 11 is 2.69. The van der Waals surface area contributed by atoms with Gasteiger partial charge in [-0.2, -0.15) is 0 Å². The number of esters is 1. The number of anilines is 1. The topological polar surface area (TPSA) is 68.3 Å². The van der Waals surface area contributed by atoms with Crippen LogP contribution in [0.25, 0.3) is 0 Å². The first-order valence-corrected chi connectivity index (χ1v) is 7.71. The van der Waals surface area contributed by atoms with E-state index in [0.29, 0.717) is 15.6 Å². The number of nitrogens with one attached hydrogen (secondary N) is 1. The van der Waals surface area contributed by atoms with Gasteiger partial charge in [-0.25, -0.2) is 9.78 Å². The van der Waals surface area contributed by atoms with Crippen LogP contribution < -0.4 is 5.32 Å². The van der Waals surface area contributed by atoms with Crippen molar-refractivity contribution in [2.75, 3.05) is 12.4 Å². The van der Waals surface area contributed by atoms with Crippen molar-refractivity contribution in [3.8, 4) is 0 Å². The van der Waals surface area contributed by atoms with E-state index in [2.05, 4.69) is 15.0 Å². The molecular formula is C14H10N2O3S2. The molecule has 5 nitrogen and oxygen atoms in total. The Balaban J connectivity index is 1.75. The van der Waals surface area contributed by atoms with Crippen LogP contribution in [-0.2, 0) is 4.74 Å². The van der Waals surface area contributed by atoms with Gasteiger partial charge in [-0.05, 0) is 12.1 Å². The van der Waals surface area contributed by atoms with E-state index in [1.807, 2.05) is 24.3 Å². The zero-order chi connectivity index (χ0) is 14.8. The highest BCUT2D eigenvalue weighted by Crippen LogP contribution is 2.39. The molecule has 0 aliphatic carbocycles. The van der Waals surface area contributed by atoms with Crippen LogP contribution in [0.1, 0.15) is 20.8 Å². The zero-order valence-corrected chi connectivity index (χ0v) is 12.6. The SMILES string of the molecule is COC(=O)c1csc(NC=C2Sc3ccccc3C2=O)n1. The van der Waals surface area contributed by atoms with Gasteiger partial charge >= 0.3 is 5.97 Å². The Kier molecular flexibility index (Phi) is 3.76.